The molecule has 0 atom stereocenters. The number of nitrogens with zero attached hydrogens (tertiary/aromatic N) is 2. The molecule has 3 aromatic rings. The summed E-state index contributed by atoms with van der Waals surface area (Å²) in [5.74, 6) is -0.897. The minimum Gasteiger partial charge on any atom is -0.345 e. The van der Waals surface area contributed by atoms with Gasteiger partial charge in [-0.15, -0.1) is 0 Å². The summed E-state index contributed by atoms with van der Waals surface area (Å²) in [5.41, 5.74) is 1.24. The largest absolute Gasteiger partial charge is 0.345 e. The summed E-state index contributed by atoms with van der Waals surface area (Å²) in [6.07, 6.45) is 2.92. The van der Waals surface area contributed by atoms with Crippen LogP contribution in [0.4, 0.5) is 4.39 Å². The van der Waals surface area contributed by atoms with E-state index in [-0.39, 0.29) is 17.0 Å². The number of aryl methyl sites for hydroxylation is 1. The predicted molar refractivity (Wildman–Crippen MR) is 113 cm³/mol. The van der Waals surface area contributed by atoms with Gasteiger partial charge < -0.3 is 9.88 Å². The molecule has 0 bridgehead atoms. The van der Waals surface area contributed by atoms with Crippen LogP contribution in [0.3, 0.4) is 0 Å². The number of amides is 1. The van der Waals surface area contributed by atoms with Gasteiger partial charge in [0, 0.05) is 12.1 Å². The van der Waals surface area contributed by atoms with E-state index in [1.54, 1.807) is 19.2 Å². The first-order valence-corrected chi connectivity index (χ1v) is 11.6. The topological polar surface area (TPSA) is 81.1 Å². The zero-order valence-electron chi connectivity index (χ0n) is 16.4. The number of fused-ring (bicyclic) bond motifs is 1. The van der Waals surface area contributed by atoms with Gasteiger partial charge in [0.2, 0.25) is 0 Å². The highest BCUT2D eigenvalue weighted by Crippen LogP contribution is 2.30. The van der Waals surface area contributed by atoms with E-state index in [9.17, 15) is 17.6 Å². The molecule has 0 saturated heterocycles. The Bertz CT molecular complexity index is 1230. The van der Waals surface area contributed by atoms with Crippen LogP contribution in [0.25, 0.3) is 11.0 Å². The van der Waals surface area contributed by atoms with Crippen LogP contribution in [0.2, 0.25) is 5.02 Å². The second kappa shape index (κ2) is 8.00. The van der Waals surface area contributed by atoms with Crippen LogP contribution in [0.1, 0.15) is 41.9 Å². The minimum absolute atomic E-state index is 0.0154. The Morgan fingerprint density at radius 2 is 1.97 bits per heavy atom. The highest BCUT2D eigenvalue weighted by molar-refractivity contribution is 7.92. The van der Waals surface area contributed by atoms with Crippen molar-refractivity contribution in [3.63, 3.8) is 0 Å². The Hall–Kier alpha value is -2.45. The molecule has 1 fully saturated rings. The van der Waals surface area contributed by atoms with Crippen LogP contribution in [0.5, 0.6) is 0 Å². The fourth-order valence-electron chi connectivity index (χ4n) is 3.88. The quantitative estimate of drug-likeness (QED) is 0.597. The van der Waals surface area contributed by atoms with Crippen molar-refractivity contribution in [2.75, 3.05) is 0 Å². The number of hydrogen-bond donors (Lipinski definition) is 1. The maximum Gasteiger partial charge on any atom is 0.254 e. The monoisotopic (exact) mass is 449 g/mol. The van der Waals surface area contributed by atoms with Crippen molar-refractivity contribution >= 4 is 38.4 Å². The molecule has 1 N–H and O–H groups in total. The lowest BCUT2D eigenvalue weighted by Crippen LogP contribution is -2.26. The number of carbonyl (C=O) groups is 1. The maximum absolute atomic E-state index is 14.3. The number of hydrogen-bond acceptors (Lipinski definition) is 4. The van der Waals surface area contributed by atoms with Crippen LogP contribution in [0.15, 0.2) is 41.3 Å². The van der Waals surface area contributed by atoms with Crippen molar-refractivity contribution < 1.29 is 17.6 Å². The molecule has 1 aromatic heterocycles. The van der Waals surface area contributed by atoms with Crippen LogP contribution in [0, 0.1) is 5.82 Å². The summed E-state index contributed by atoms with van der Waals surface area (Å²) in [5, 5.41) is 2.72. The summed E-state index contributed by atoms with van der Waals surface area (Å²) in [7, 11) is -1.78. The third-order valence-corrected chi connectivity index (χ3v) is 8.09. The Morgan fingerprint density at radius 3 is 2.70 bits per heavy atom. The highest BCUT2D eigenvalue weighted by atomic mass is 35.5. The van der Waals surface area contributed by atoms with Gasteiger partial charge in [0.1, 0.15) is 11.6 Å². The minimum atomic E-state index is -3.58. The molecule has 6 nitrogen and oxygen atoms in total. The fraction of sp³-hybridized carbons (Fsp3) is 0.333. The van der Waals surface area contributed by atoms with Gasteiger partial charge in [0.25, 0.3) is 5.91 Å². The Kier molecular flexibility index (Phi) is 5.55. The van der Waals surface area contributed by atoms with Crippen LogP contribution >= 0.6 is 11.6 Å². The highest BCUT2D eigenvalue weighted by Gasteiger charge is 2.31. The Balaban J connectivity index is 1.56. The van der Waals surface area contributed by atoms with Gasteiger partial charge in [-0.3, -0.25) is 4.79 Å². The summed E-state index contributed by atoms with van der Waals surface area (Å²) in [6.45, 7) is 0.0562. The number of imidazole rings is 1. The van der Waals surface area contributed by atoms with E-state index in [1.165, 1.54) is 6.07 Å². The summed E-state index contributed by atoms with van der Waals surface area (Å²) in [4.78, 5) is 17.0. The van der Waals surface area contributed by atoms with Crippen molar-refractivity contribution in [3.8, 4) is 0 Å². The molecule has 4 rings (SSSR count). The van der Waals surface area contributed by atoms with Crippen molar-refractivity contribution in [1.82, 2.24) is 14.9 Å². The zero-order chi connectivity index (χ0) is 21.5. The molecule has 1 amide bonds. The van der Waals surface area contributed by atoms with E-state index in [4.69, 9.17) is 11.6 Å². The first kappa shape index (κ1) is 20.8. The first-order valence-electron chi connectivity index (χ1n) is 9.70. The third kappa shape index (κ3) is 3.81. The number of carbonyl (C=O) groups excluding carboxylic acids is 1. The zero-order valence-corrected chi connectivity index (χ0v) is 17.9. The lowest BCUT2D eigenvalue weighted by Gasteiger charge is -2.13. The number of halogens is 2. The van der Waals surface area contributed by atoms with Gasteiger partial charge >= 0.3 is 0 Å². The van der Waals surface area contributed by atoms with Crippen LogP contribution < -0.4 is 5.32 Å². The van der Waals surface area contributed by atoms with Crippen molar-refractivity contribution in [3.05, 3.63) is 58.6 Å². The van der Waals surface area contributed by atoms with Gasteiger partial charge in [0.15, 0.2) is 9.84 Å². The lowest BCUT2D eigenvalue weighted by atomic mass is 10.2. The Labute approximate surface area is 179 Å². The van der Waals surface area contributed by atoms with E-state index in [0.717, 1.165) is 30.5 Å². The van der Waals surface area contributed by atoms with Gasteiger partial charge in [-0.1, -0.05) is 24.4 Å². The molecule has 1 aliphatic carbocycles. The molecule has 158 valence electrons. The smallest absolute Gasteiger partial charge is 0.254 e. The molecule has 0 radical (unpaired) electrons. The first-order chi connectivity index (χ1) is 14.3. The molecule has 2 aromatic carbocycles. The van der Waals surface area contributed by atoms with Crippen molar-refractivity contribution in [1.29, 1.82) is 0 Å². The van der Waals surface area contributed by atoms with Gasteiger partial charge in [-0.05, 0) is 49.2 Å². The van der Waals surface area contributed by atoms with E-state index in [0.29, 0.717) is 29.2 Å². The van der Waals surface area contributed by atoms with Gasteiger partial charge in [0.05, 0.1) is 33.3 Å². The van der Waals surface area contributed by atoms with E-state index >= 15 is 0 Å². The second-order valence-electron chi connectivity index (χ2n) is 7.50. The maximum atomic E-state index is 14.3. The van der Waals surface area contributed by atoms with Crippen LogP contribution in [-0.2, 0) is 23.4 Å². The summed E-state index contributed by atoms with van der Waals surface area (Å²) in [6, 6.07) is 8.70. The summed E-state index contributed by atoms with van der Waals surface area (Å²) < 4.78 is 41.7. The molecule has 9 heteroatoms. The van der Waals surface area contributed by atoms with E-state index < -0.39 is 26.8 Å². The number of rotatable bonds is 5. The number of benzene rings is 2. The predicted octanol–water partition coefficient (Wildman–Crippen LogP) is 4.01. The molecular weight excluding hydrogens is 429 g/mol. The van der Waals surface area contributed by atoms with Crippen molar-refractivity contribution in [2.24, 2.45) is 7.05 Å². The molecule has 1 aliphatic rings. The number of sulfone groups is 1. The molecule has 0 spiro atoms. The second-order valence-corrected chi connectivity index (χ2v) is 10.2. The Morgan fingerprint density at radius 1 is 1.23 bits per heavy atom. The fourth-order valence-corrected chi connectivity index (χ4v) is 5.93. The number of nitrogens with one attached hydrogen (secondary N) is 1. The standard InChI is InChI=1S/C21H21ClFN3O3S/c1-26-19-9-6-13(22)10-18(19)25-20(26)12-24-21(27)16-11-15(7-8-17(16)23)30(28,29)14-4-2-3-5-14/h6-11,14H,2-5,12H2,1H3,(H,24,27). The number of aromatic nitrogens is 2. The van der Waals surface area contributed by atoms with E-state index in [1.807, 2.05) is 10.6 Å². The molecular formula is C21H21ClFN3O3S. The SMILES string of the molecule is Cn1c(CNC(=O)c2cc(S(=O)(=O)C3CCCC3)ccc2F)nc2cc(Cl)ccc21. The normalized spacial score (nSPS) is 15.0. The average Bonchev–Trinajstić information content (AvgIpc) is 3.35. The van der Waals surface area contributed by atoms with Gasteiger partial charge in [-0.2, -0.15) is 0 Å². The molecule has 1 saturated carbocycles. The molecule has 1 heterocycles. The lowest BCUT2D eigenvalue weighted by molar-refractivity contribution is 0.0945. The molecule has 0 unspecified atom stereocenters. The van der Waals surface area contributed by atoms with Gasteiger partial charge in [-0.25, -0.2) is 17.8 Å². The summed E-state index contributed by atoms with van der Waals surface area (Å²) >= 11 is 5.99. The van der Waals surface area contributed by atoms with E-state index in [2.05, 4.69) is 10.3 Å². The van der Waals surface area contributed by atoms with Crippen LogP contribution in [-0.4, -0.2) is 29.1 Å². The van der Waals surface area contributed by atoms with Crippen molar-refractivity contribution in [2.45, 2.75) is 42.4 Å². The third-order valence-electron chi connectivity index (χ3n) is 5.59. The molecule has 30 heavy (non-hydrogen) atoms. The molecule has 0 aliphatic heterocycles. The average molecular weight is 450 g/mol.